The molecular formula is C23H43N3O3. The Morgan fingerprint density at radius 2 is 1.38 bits per heavy atom. The Hall–Kier alpha value is -0.690. The minimum atomic E-state index is -0.779. The van der Waals surface area contributed by atoms with Gasteiger partial charge in [-0.1, -0.05) is 6.92 Å². The van der Waals surface area contributed by atoms with Gasteiger partial charge in [0.25, 0.3) is 5.91 Å². The second kappa shape index (κ2) is 6.65. The smallest absolute Gasteiger partial charge is 0.254 e. The molecule has 6 nitrogen and oxygen atoms in total. The van der Waals surface area contributed by atoms with E-state index in [2.05, 4.69) is 77.6 Å². The Morgan fingerprint density at radius 3 is 1.79 bits per heavy atom. The van der Waals surface area contributed by atoms with Gasteiger partial charge < -0.3 is 14.9 Å². The molecular weight excluding hydrogens is 366 g/mol. The fraction of sp³-hybridized carbons (Fsp3) is 0.957. The zero-order chi connectivity index (χ0) is 22.1. The van der Waals surface area contributed by atoms with Crippen LogP contribution in [0.25, 0.3) is 0 Å². The first-order valence-electron chi connectivity index (χ1n) is 11.2. The minimum absolute atomic E-state index is 0.0623. The van der Waals surface area contributed by atoms with Crippen LogP contribution in [0.3, 0.4) is 0 Å². The predicted molar refractivity (Wildman–Crippen MR) is 115 cm³/mol. The average Bonchev–Trinajstić information content (AvgIpc) is 2.69. The van der Waals surface area contributed by atoms with E-state index in [1.54, 1.807) is 7.11 Å². The molecule has 3 saturated heterocycles. The molecule has 6 heteroatoms. The molecule has 1 N–H and O–H groups in total. The van der Waals surface area contributed by atoms with E-state index >= 15 is 0 Å². The maximum absolute atomic E-state index is 13.5. The van der Waals surface area contributed by atoms with Crippen LogP contribution in [-0.4, -0.2) is 63.0 Å². The molecule has 3 aliphatic rings. The summed E-state index contributed by atoms with van der Waals surface area (Å²) in [5.41, 5.74) is -2.18. The number of carbonyl (C=O) groups excluding carboxylic acids is 1. The molecule has 3 rings (SSSR count). The number of nitrogens with one attached hydrogen (secondary N) is 1. The summed E-state index contributed by atoms with van der Waals surface area (Å²) in [6.07, 6.45) is 3.93. The van der Waals surface area contributed by atoms with Gasteiger partial charge in [0.05, 0.1) is 7.11 Å². The van der Waals surface area contributed by atoms with Crippen LogP contribution in [0.4, 0.5) is 0 Å². The first-order valence-corrected chi connectivity index (χ1v) is 11.2. The van der Waals surface area contributed by atoms with Gasteiger partial charge in [0.2, 0.25) is 0 Å². The zero-order valence-electron chi connectivity index (χ0n) is 20.4. The van der Waals surface area contributed by atoms with Crippen molar-refractivity contribution >= 4 is 5.91 Å². The molecule has 29 heavy (non-hydrogen) atoms. The van der Waals surface area contributed by atoms with Crippen LogP contribution in [0, 0.1) is 0 Å². The van der Waals surface area contributed by atoms with Gasteiger partial charge in [-0.25, -0.2) is 0 Å². The summed E-state index contributed by atoms with van der Waals surface area (Å²) >= 11 is 0. The Morgan fingerprint density at radius 1 is 0.897 bits per heavy atom. The molecule has 0 aromatic heterocycles. The van der Waals surface area contributed by atoms with Gasteiger partial charge in [-0.2, -0.15) is 5.06 Å². The standard InChI is InChI=1S/C23H43N3O3/c1-11-12-25-18(2,3)13-22(14-19(25,4)5)17(27)24-23(29-22)15-20(6,7)26(28-10)21(8,9)16-23/h11-16H2,1-10H3,(H,24,27). The number of carbonyl (C=O) groups is 1. The summed E-state index contributed by atoms with van der Waals surface area (Å²) in [6.45, 7) is 20.9. The fourth-order valence-electron chi connectivity index (χ4n) is 7.38. The lowest BCUT2D eigenvalue weighted by atomic mass is 9.70. The van der Waals surface area contributed by atoms with Crippen LogP contribution >= 0.6 is 0 Å². The lowest BCUT2D eigenvalue weighted by Gasteiger charge is -2.59. The topological polar surface area (TPSA) is 54.0 Å². The Balaban J connectivity index is 1.96. The number of rotatable bonds is 3. The number of amides is 1. The van der Waals surface area contributed by atoms with Crippen molar-refractivity contribution in [2.45, 2.75) is 128 Å². The van der Waals surface area contributed by atoms with E-state index in [0.717, 1.165) is 13.0 Å². The van der Waals surface area contributed by atoms with Crippen LogP contribution in [0.1, 0.15) is 94.4 Å². The third-order valence-corrected chi connectivity index (χ3v) is 7.21. The minimum Gasteiger partial charge on any atom is -0.339 e. The molecule has 0 aromatic rings. The first-order chi connectivity index (χ1) is 13.0. The molecule has 0 aromatic carbocycles. The summed E-state index contributed by atoms with van der Waals surface area (Å²) in [6, 6.07) is 0. The van der Waals surface area contributed by atoms with Gasteiger partial charge in [-0.05, 0) is 68.4 Å². The van der Waals surface area contributed by atoms with Crippen molar-refractivity contribution < 1.29 is 14.4 Å². The number of hydrogen-bond acceptors (Lipinski definition) is 5. The van der Waals surface area contributed by atoms with Crippen molar-refractivity contribution in [2.24, 2.45) is 0 Å². The molecule has 0 saturated carbocycles. The fourth-order valence-corrected chi connectivity index (χ4v) is 7.38. The lowest BCUT2D eigenvalue weighted by Crippen LogP contribution is -2.68. The quantitative estimate of drug-likeness (QED) is 0.767. The summed E-state index contributed by atoms with van der Waals surface area (Å²) in [4.78, 5) is 21.9. The predicted octanol–water partition coefficient (Wildman–Crippen LogP) is 3.85. The molecule has 0 aliphatic carbocycles. The Kier molecular flexibility index (Phi) is 5.27. The van der Waals surface area contributed by atoms with E-state index in [1.165, 1.54) is 0 Å². The Labute approximate surface area is 177 Å². The molecule has 0 atom stereocenters. The average molecular weight is 410 g/mol. The van der Waals surface area contributed by atoms with Gasteiger partial charge in [0.15, 0.2) is 5.60 Å². The molecule has 2 spiro atoms. The molecule has 1 amide bonds. The van der Waals surface area contributed by atoms with Crippen molar-refractivity contribution in [1.29, 1.82) is 0 Å². The molecule has 0 bridgehead atoms. The number of ether oxygens (including phenoxy) is 1. The number of hydrogen-bond donors (Lipinski definition) is 1. The van der Waals surface area contributed by atoms with Crippen LogP contribution in [0.5, 0.6) is 0 Å². The molecule has 3 aliphatic heterocycles. The van der Waals surface area contributed by atoms with E-state index < -0.39 is 11.3 Å². The molecule has 168 valence electrons. The number of likely N-dealkylation sites (tertiary alicyclic amines) is 1. The highest BCUT2D eigenvalue weighted by molar-refractivity contribution is 5.88. The van der Waals surface area contributed by atoms with Crippen molar-refractivity contribution in [3.63, 3.8) is 0 Å². The third kappa shape index (κ3) is 3.64. The SMILES string of the molecule is CCCN1C(C)(C)CC2(CC1(C)C)OC1(CC(C)(C)N(OC)C(C)(C)C1)NC2=O. The molecule has 3 heterocycles. The van der Waals surface area contributed by atoms with Crippen molar-refractivity contribution in [3.8, 4) is 0 Å². The highest BCUT2D eigenvalue weighted by Crippen LogP contribution is 2.54. The molecule has 3 fully saturated rings. The monoisotopic (exact) mass is 409 g/mol. The highest BCUT2D eigenvalue weighted by Gasteiger charge is 2.66. The maximum atomic E-state index is 13.5. The summed E-state index contributed by atoms with van der Waals surface area (Å²) < 4.78 is 6.92. The summed E-state index contributed by atoms with van der Waals surface area (Å²) in [5, 5.41) is 5.41. The van der Waals surface area contributed by atoms with Crippen LogP contribution in [0.15, 0.2) is 0 Å². The van der Waals surface area contributed by atoms with Gasteiger partial charge in [0.1, 0.15) is 5.72 Å². The van der Waals surface area contributed by atoms with Crippen molar-refractivity contribution in [2.75, 3.05) is 13.7 Å². The van der Waals surface area contributed by atoms with Crippen LogP contribution in [0.2, 0.25) is 0 Å². The number of nitrogens with zero attached hydrogens (tertiary/aromatic N) is 2. The van der Waals surface area contributed by atoms with E-state index in [1.807, 2.05) is 0 Å². The van der Waals surface area contributed by atoms with E-state index in [-0.39, 0.29) is 28.1 Å². The number of piperidine rings is 2. The Bertz CT molecular complexity index is 632. The second-order valence-corrected chi connectivity index (χ2v) is 12.1. The molecule has 0 unspecified atom stereocenters. The maximum Gasteiger partial charge on any atom is 0.254 e. The van der Waals surface area contributed by atoms with Gasteiger partial charge in [-0.3, -0.25) is 9.69 Å². The van der Waals surface area contributed by atoms with Crippen LogP contribution < -0.4 is 5.32 Å². The highest BCUT2D eigenvalue weighted by atomic mass is 16.7. The lowest BCUT2D eigenvalue weighted by molar-refractivity contribution is -0.306. The van der Waals surface area contributed by atoms with Gasteiger partial charge in [0, 0.05) is 47.8 Å². The number of hydroxylamine groups is 2. The normalized spacial score (nSPS) is 31.9. The first kappa shape index (κ1) is 23.0. The van der Waals surface area contributed by atoms with Gasteiger partial charge in [-0.15, -0.1) is 0 Å². The van der Waals surface area contributed by atoms with E-state index in [4.69, 9.17) is 9.57 Å². The van der Waals surface area contributed by atoms with Crippen LogP contribution in [-0.2, 0) is 14.4 Å². The summed E-state index contributed by atoms with van der Waals surface area (Å²) in [5.74, 6) is 0.0623. The van der Waals surface area contributed by atoms with Crippen molar-refractivity contribution in [1.82, 2.24) is 15.3 Å². The van der Waals surface area contributed by atoms with Gasteiger partial charge >= 0.3 is 0 Å². The second-order valence-electron chi connectivity index (χ2n) is 12.1. The zero-order valence-corrected chi connectivity index (χ0v) is 20.4. The molecule has 0 radical (unpaired) electrons. The van der Waals surface area contributed by atoms with Crippen molar-refractivity contribution in [3.05, 3.63) is 0 Å². The largest absolute Gasteiger partial charge is 0.339 e. The third-order valence-electron chi connectivity index (χ3n) is 7.21. The van der Waals surface area contributed by atoms with E-state index in [9.17, 15) is 4.79 Å². The van der Waals surface area contributed by atoms with E-state index in [0.29, 0.717) is 25.7 Å². The summed E-state index contributed by atoms with van der Waals surface area (Å²) in [7, 11) is 1.73.